The second kappa shape index (κ2) is 22.0. The van der Waals surface area contributed by atoms with E-state index in [1.807, 2.05) is 83.1 Å². The van der Waals surface area contributed by atoms with Gasteiger partial charge in [-0.3, -0.25) is 14.6 Å². The summed E-state index contributed by atoms with van der Waals surface area (Å²) in [4.78, 5) is 36.0. The molecule has 3 fully saturated rings. The van der Waals surface area contributed by atoms with Crippen LogP contribution in [0.1, 0.15) is 100 Å². The molecule has 4 heterocycles. The number of pyridine rings is 1. The van der Waals surface area contributed by atoms with Crippen molar-refractivity contribution in [2.45, 2.75) is 179 Å². The summed E-state index contributed by atoms with van der Waals surface area (Å²) in [7, 11) is 6.85. The first-order valence-corrected chi connectivity index (χ1v) is 23.4. The van der Waals surface area contributed by atoms with Gasteiger partial charge in [-0.2, -0.15) is 0 Å². The Morgan fingerprint density at radius 2 is 1.58 bits per heavy atom. The Bertz CT molecular complexity index is 1910. The van der Waals surface area contributed by atoms with E-state index in [0.717, 1.165) is 16.5 Å². The van der Waals surface area contributed by atoms with Gasteiger partial charge >= 0.3 is 5.97 Å². The van der Waals surface area contributed by atoms with Crippen LogP contribution in [-0.2, 0) is 47.5 Å². The number of aliphatic hydroxyl groups is 3. The number of aliphatic hydroxyl groups excluding tert-OH is 2. The zero-order chi connectivity index (χ0) is 48.2. The van der Waals surface area contributed by atoms with Crippen LogP contribution in [0.5, 0.6) is 0 Å². The van der Waals surface area contributed by atoms with E-state index >= 15 is 0 Å². The molecule has 0 saturated carbocycles. The molecule has 0 bridgehead atoms. The summed E-state index contributed by atoms with van der Waals surface area (Å²) >= 11 is 0. The highest BCUT2D eigenvalue weighted by Gasteiger charge is 2.54. The van der Waals surface area contributed by atoms with Gasteiger partial charge in [-0.1, -0.05) is 58.0 Å². The van der Waals surface area contributed by atoms with Crippen molar-refractivity contribution in [2.75, 3.05) is 34.9 Å². The Morgan fingerprint density at radius 3 is 2.23 bits per heavy atom. The van der Waals surface area contributed by atoms with Crippen molar-refractivity contribution in [1.29, 1.82) is 0 Å². The Kier molecular flexibility index (Phi) is 18.0. The Morgan fingerprint density at radius 1 is 0.908 bits per heavy atom. The molecular weight excluding hydrogens is 837 g/mol. The first-order chi connectivity index (χ1) is 30.5. The Balaban J connectivity index is 1.57. The highest BCUT2D eigenvalue weighted by Crippen LogP contribution is 2.42. The van der Waals surface area contributed by atoms with E-state index in [0.29, 0.717) is 6.42 Å². The standard InChI is InChI=1S/C50H78N2O13/c1-15-38-50(10,57)45(60-22-18-19-34-24-35-20-16-17-21-36(35)51-27-34)30(4)40(53)28(2)25-49(9,59-14)44(65-47-41(54)37(52(11)12)23-29(3)61-47)31(5)42(32(6)46(56)63-38)64-39-26-48(8,58-13)43(55)33(7)62-39/h16-21,24,27-33,37-39,41-45,47,54-55,57H,15,22-23,25-26H2,1-14H3/b19-18+/t28-,29-,30+,31+,32-,33+,37+,38-,39+,41-,42+,43+,44-,45-,47?,48-,49+,50-/m1/s1. The second-order valence-corrected chi connectivity index (χ2v) is 19.8. The quantitative estimate of drug-likeness (QED) is 0.220. The monoisotopic (exact) mass is 915 g/mol. The molecule has 3 aliphatic rings. The molecule has 5 rings (SSSR count). The van der Waals surface area contributed by atoms with Gasteiger partial charge in [0.2, 0.25) is 0 Å². The van der Waals surface area contributed by atoms with Gasteiger partial charge in [0.25, 0.3) is 0 Å². The number of Topliss-reactive ketones (excluding diaryl/α,β-unsaturated/α-hetero) is 1. The van der Waals surface area contributed by atoms with Crippen molar-refractivity contribution in [3.05, 3.63) is 48.2 Å². The van der Waals surface area contributed by atoms with Gasteiger partial charge in [0.15, 0.2) is 12.6 Å². The summed E-state index contributed by atoms with van der Waals surface area (Å²) in [6, 6.07) is 9.55. The van der Waals surface area contributed by atoms with Crippen LogP contribution in [0.4, 0.5) is 0 Å². The molecule has 3 N–H and O–H groups in total. The van der Waals surface area contributed by atoms with Crippen molar-refractivity contribution in [3.8, 4) is 0 Å². The highest BCUT2D eigenvalue weighted by atomic mass is 16.7. The summed E-state index contributed by atoms with van der Waals surface area (Å²) < 4.78 is 51.4. The molecule has 366 valence electrons. The van der Waals surface area contributed by atoms with Crippen LogP contribution < -0.4 is 0 Å². The Labute approximate surface area is 386 Å². The lowest BCUT2D eigenvalue weighted by Gasteiger charge is -2.50. The summed E-state index contributed by atoms with van der Waals surface area (Å²) in [5.74, 6) is -4.16. The summed E-state index contributed by atoms with van der Waals surface area (Å²) in [5.41, 5.74) is -2.42. The lowest BCUT2D eigenvalue weighted by atomic mass is 9.73. The fraction of sp³-hybridized carbons (Fsp3) is 0.740. The fourth-order valence-corrected chi connectivity index (χ4v) is 10.4. The molecular formula is C50H78N2O13. The number of ether oxygens (including phenoxy) is 8. The number of hydrogen-bond donors (Lipinski definition) is 3. The first kappa shape index (κ1) is 53.0. The third kappa shape index (κ3) is 11.9. The molecule has 15 heteroatoms. The van der Waals surface area contributed by atoms with Crippen LogP contribution in [0.3, 0.4) is 0 Å². The second-order valence-electron chi connectivity index (χ2n) is 19.8. The predicted octanol–water partition coefficient (Wildman–Crippen LogP) is 5.73. The zero-order valence-electron chi connectivity index (χ0n) is 41.1. The molecule has 0 spiro atoms. The number of benzene rings is 1. The SMILES string of the molecule is CC[C@H]1OC(=O)[C@H](C)[C@@H](O[C@H]2C[C@@](C)(OC)[C@@H](O)[C@H](C)O2)[C@H](C)[C@@H](OC2O[C@H](C)C[C@H](N(C)C)[C@H]2O)[C@@](C)(OC)C[C@@H](C)C(=O)[C@H](C)[C@@H](OC/C=C/c2cnc3ccccc3c2)[C@]1(C)O. The number of ketones is 1. The third-order valence-corrected chi connectivity index (χ3v) is 14.5. The maximum absolute atomic E-state index is 14.8. The van der Waals surface area contributed by atoms with Crippen molar-refractivity contribution >= 4 is 28.7 Å². The molecule has 2 aromatic rings. The molecule has 0 radical (unpaired) electrons. The molecule has 18 atom stereocenters. The highest BCUT2D eigenvalue weighted by molar-refractivity contribution is 5.84. The molecule has 3 saturated heterocycles. The largest absolute Gasteiger partial charge is 0.459 e. The maximum Gasteiger partial charge on any atom is 0.311 e. The number of hydrogen-bond acceptors (Lipinski definition) is 15. The number of aromatic nitrogens is 1. The number of carbonyl (C=O) groups excluding carboxylic acids is 2. The van der Waals surface area contributed by atoms with Crippen LogP contribution in [0.25, 0.3) is 17.0 Å². The zero-order valence-corrected chi connectivity index (χ0v) is 41.1. The van der Waals surface area contributed by atoms with E-state index in [-0.39, 0.29) is 43.8 Å². The lowest BCUT2D eigenvalue weighted by molar-refractivity contribution is -0.319. The smallest absolute Gasteiger partial charge is 0.311 e. The summed E-state index contributed by atoms with van der Waals surface area (Å²) in [5, 5.41) is 36.4. The molecule has 65 heavy (non-hydrogen) atoms. The van der Waals surface area contributed by atoms with Gasteiger partial charge in [0.1, 0.15) is 29.7 Å². The molecule has 0 aliphatic carbocycles. The van der Waals surface area contributed by atoms with E-state index in [1.54, 1.807) is 60.9 Å². The van der Waals surface area contributed by atoms with Crippen LogP contribution in [-0.4, -0.2) is 156 Å². The number of likely N-dealkylation sites (N-methyl/N-ethyl adjacent to an activating group) is 1. The summed E-state index contributed by atoms with van der Waals surface area (Å²) in [6.07, 6.45) is -2.80. The molecule has 1 aromatic heterocycles. The number of esters is 1. The maximum atomic E-state index is 14.8. The third-order valence-electron chi connectivity index (χ3n) is 14.5. The average molecular weight is 915 g/mol. The van der Waals surface area contributed by atoms with Crippen molar-refractivity contribution in [2.24, 2.45) is 23.7 Å². The first-order valence-electron chi connectivity index (χ1n) is 23.4. The van der Waals surface area contributed by atoms with E-state index < -0.39 is 102 Å². The molecule has 0 amide bonds. The fourth-order valence-electron chi connectivity index (χ4n) is 10.4. The topological polar surface area (TPSA) is 185 Å². The molecule has 15 nitrogen and oxygen atoms in total. The van der Waals surface area contributed by atoms with Crippen LogP contribution in [0, 0.1) is 23.7 Å². The number of methoxy groups -OCH3 is 2. The number of rotatable bonds is 12. The number of cyclic esters (lactones) is 1. The van der Waals surface area contributed by atoms with Gasteiger partial charge in [0, 0.05) is 56.0 Å². The van der Waals surface area contributed by atoms with Crippen molar-refractivity contribution < 1.29 is 62.8 Å². The van der Waals surface area contributed by atoms with E-state index in [9.17, 15) is 24.9 Å². The Hall–Kier alpha value is -2.93. The predicted molar refractivity (Wildman–Crippen MR) is 246 cm³/mol. The minimum Gasteiger partial charge on any atom is -0.459 e. The van der Waals surface area contributed by atoms with E-state index in [2.05, 4.69) is 4.98 Å². The average Bonchev–Trinajstić information content (AvgIpc) is 3.27. The number of fused-ring (bicyclic) bond motifs is 1. The normalized spacial score (nSPS) is 41.7. The summed E-state index contributed by atoms with van der Waals surface area (Å²) in [6.45, 7) is 17.8. The molecule has 1 unspecified atom stereocenters. The number of carbonyl (C=O) groups is 2. The number of nitrogens with zero attached hydrogens (tertiary/aromatic N) is 2. The van der Waals surface area contributed by atoms with Gasteiger partial charge in [0.05, 0.1) is 59.8 Å². The van der Waals surface area contributed by atoms with E-state index in [4.69, 9.17) is 37.9 Å². The van der Waals surface area contributed by atoms with Gasteiger partial charge in [-0.05, 0) is 92.6 Å². The molecule has 3 aliphatic heterocycles. The lowest BCUT2D eigenvalue weighted by Crippen LogP contribution is -2.61. The van der Waals surface area contributed by atoms with Crippen LogP contribution in [0.15, 0.2) is 42.6 Å². The van der Waals surface area contributed by atoms with Gasteiger partial charge in [-0.25, -0.2) is 0 Å². The van der Waals surface area contributed by atoms with Gasteiger partial charge in [-0.15, -0.1) is 0 Å². The van der Waals surface area contributed by atoms with E-state index in [1.165, 1.54) is 7.11 Å². The van der Waals surface area contributed by atoms with Crippen molar-refractivity contribution in [1.82, 2.24) is 9.88 Å². The van der Waals surface area contributed by atoms with Gasteiger partial charge < -0.3 is 58.1 Å². The van der Waals surface area contributed by atoms with Crippen LogP contribution in [0.2, 0.25) is 0 Å². The molecule has 1 aromatic carbocycles. The minimum absolute atomic E-state index is 0.0323. The van der Waals surface area contributed by atoms with Crippen molar-refractivity contribution in [3.63, 3.8) is 0 Å². The van der Waals surface area contributed by atoms with Crippen LogP contribution >= 0.6 is 0 Å². The minimum atomic E-state index is -1.84. The number of para-hydroxylation sites is 1.